The predicted molar refractivity (Wildman–Crippen MR) is 54.6 cm³/mol. The minimum Gasteiger partial charge on any atom is -0.490 e. The summed E-state index contributed by atoms with van der Waals surface area (Å²) in [6.07, 6.45) is 5.49. The number of terminal acetylenes is 1. The number of hydrogen-bond acceptors (Lipinski definition) is 1. The van der Waals surface area contributed by atoms with E-state index in [9.17, 15) is 0 Å². The first-order chi connectivity index (χ1) is 6.15. The Morgan fingerprint density at radius 2 is 2.15 bits per heavy atom. The van der Waals surface area contributed by atoms with Gasteiger partial charge in [-0.3, -0.25) is 0 Å². The van der Waals surface area contributed by atoms with E-state index >= 15 is 0 Å². The van der Waals surface area contributed by atoms with Crippen LogP contribution in [-0.2, 0) is 0 Å². The molecule has 0 heterocycles. The van der Waals surface area contributed by atoms with Crippen LogP contribution in [-0.4, -0.2) is 6.10 Å². The van der Waals surface area contributed by atoms with Gasteiger partial charge in [0.25, 0.3) is 0 Å². The van der Waals surface area contributed by atoms with Crippen molar-refractivity contribution in [3.63, 3.8) is 0 Å². The summed E-state index contributed by atoms with van der Waals surface area (Å²) in [5, 5.41) is 0. The van der Waals surface area contributed by atoms with Crippen molar-refractivity contribution in [2.75, 3.05) is 0 Å². The molecule has 0 aromatic heterocycles. The van der Waals surface area contributed by atoms with Crippen LogP contribution in [0.4, 0.5) is 0 Å². The third kappa shape index (κ3) is 2.26. The number of rotatable bonds is 2. The van der Waals surface area contributed by atoms with E-state index in [1.165, 1.54) is 0 Å². The number of hydrogen-bond donors (Lipinski definition) is 0. The van der Waals surface area contributed by atoms with Crippen molar-refractivity contribution < 1.29 is 4.74 Å². The van der Waals surface area contributed by atoms with Crippen molar-refractivity contribution >= 4 is 0 Å². The summed E-state index contributed by atoms with van der Waals surface area (Å²) in [4.78, 5) is 0. The number of benzene rings is 1. The Morgan fingerprint density at radius 3 is 2.69 bits per heavy atom. The Balaban J connectivity index is 3.07. The Morgan fingerprint density at radius 1 is 1.46 bits per heavy atom. The van der Waals surface area contributed by atoms with Gasteiger partial charge in [0.1, 0.15) is 5.75 Å². The zero-order valence-corrected chi connectivity index (χ0v) is 8.00. The summed E-state index contributed by atoms with van der Waals surface area (Å²) in [6, 6.07) is 5.63. The molecule has 1 rings (SSSR count). The largest absolute Gasteiger partial charge is 0.490 e. The van der Waals surface area contributed by atoms with Crippen molar-refractivity contribution in [3.05, 3.63) is 36.2 Å². The van der Waals surface area contributed by atoms with Gasteiger partial charge >= 0.3 is 0 Å². The van der Waals surface area contributed by atoms with Crippen LogP contribution in [0.25, 0.3) is 0 Å². The molecule has 0 spiro atoms. The summed E-state index contributed by atoms with van der Waals surface area (Å²) >= 11 is 0. The summed E-state index contributed by atoms with van der Waals surface area (Å²) in [6.45, 7) is 7.77. The molecule has 0 N–H and O–H groups in total. The summed E-state index contributed by atoms with van der Waals surface area (Å²) < 4.78 is 5.53. The first kappa shape index (κ1) is 9.67. The van der Waals surface area contributed by atoms with Crippen LogP contribution in [0.2, 0.25) is 0 Å². The minimum atomic E-state index is 0.133. The van der Waals surface area contributed by atoms with E-state index < -0.39 is 0 Å². The van der Waals surface area contributed by atoms with Gasteiger partial charge < -0.3 is 4.74 Å². The van der Waals surface area contributed by atoms with Gasteiger partial charge in [-0.1, -0.05) is 18.1 Å². The lowest BCUT2D eigenvalue weighted by atomic mass is 10.1. The highest BCUT2D eigenvalue weighted by atomic mass is 16.5. The SMILES string of the molecule is C#Cc1c([CH2])cccc1OC(C)C. The highest BCUT2D eigenvalue weighted by molar-refractivity contribution is 5.51. The van der Waals surface area contributed by atoms with Gasteiger partial charge in [0, 0.05) is 0 Å². The van der Waals surface area contributed by atoms with Crippen LogP contribution in [0.15, 0.2) is 18.2 Å². The Kier molecular flexibility index (Phi) is 2.97. The fraction of sp³-hybridized carbons (Fsp3) is 0.250. The van der Waals surface area contributed by atoms with Gasteiger partial charge in [0.2, 0.25) is 0 Å². The van der Waals surface area contributed by atoms with E-state index in [4.69, 9.17) is 11.2 Å². The van der Waals surface area contributed by atoms with Gasteiger partial charge in [-0.05, 0) is 32.4 Å². The quantitative estimate of drug-likeness (QED) is 0.625. The van der Waals surface area contributed by atoms with Crippen LogP contribution < -0.4 is 4.74 Å². The predicted octanol–water partition coefficient (Wildman–Crippen LogP) is 2.64. The molecule has 67 valence electrons. The smallest absolute Gasteiger partial charge is 0.135 e. The van der Waals surface area contributed by atoms with Crippen LogP contribution in [0.5, 0.6) is 5.75 Å². The van der Waals surface area contributed by atoms with Crippen molar-refractivity contribution in [1.29, 1.82) is 0 Å². The molecule has 1 aromatic rings. The van der Waals surface area contributed by atoms with Crippen LogP contribution >= 0.6 is 0 Å². The molecule has 0 unspecified atom stereocenters. The third-order valence-electron chi connectivity index (χ3n) is 1.62. The van der Waals surface area contributed by atoms with Crippen molar-refractivity contribution in [2.24, 2.45) is 0 Å². The molecular formula is C12H13O. The average Bonchev–Trinajstić information content (AvgIpc) is 2.03. The Hall–Kier alpha value is -1.42. The molecule has 0 saturated heterocycles. The Bertz CT molecular complexity index is 331. The monoisotopic (exact) mass is 173 g/mol. The van der Waals surface area contributed by atoms with Gasteiger partial charge in [-0.25, -0.2) is 0 Å². The van der Waals surface area contributed by atoms with Gasteiger partial charge in [0.05, 0.1) is 11.7 Å². The number of ether oxygens (including phenoxy) is 1. The molecule has 0 saturated carbocycles. The maximum absolute atomic E-state index is 5.53. The van der Waals surface area contributed by atoms with E-state index in [1.54, 1.807) is 0 Å². The zero-order valence-electron chi connectivity index (χ0n) is 8.00. The molecule has 1 heteroatoms. The van der Waals surface area contributed by atoms with Crippen molar-refractivity contribution in [2.45, 2.75) is 20.0 Å². The summed E-state index contributed by atoms with van der Waals surface area (Å²) in [7, 11) is 0. The highest BCUT2D eigenvalue weighted by Crippen LogP contribution is 2.21. The van der Waals surface area contributed by atoms with Gasteiger partial charge in [-0.2, -0.15) is 0 Å². The molecule has 0 aliphatic rings. The minimum absolute atomic E-state index is 0.133. The summed E-state index contributed by atoms with van der Waals surface area (Å²) in [5.41, 5.74) is 1.58. The van der Waals surface area contributed by atoms with E-state index in [1.807, 2.05) is 32.0 Å². The zero-order chi connectivity index (χ0) is 9.84. The molecule has 0 aliphatic heterocycles. The highest BCUT2D eigenvalue weighted by Gasteiger charge is 2.04. The molecule has 0 fully saturated rings. The maximum atomic E-state index is 5.53. The third-order valence-corrected chi connectivity index (χ3v) is 1.62. The van der Waals surface area contributed by atoms with Crippen molar-refractivity contribution in [1.82, 2.24) is 0 Å². The summed E-state index contributed by atoms with van der Waals surface area (Å²) in [5.74, 6) is 3.32. The lowest BCUT2D eigenvalue weighted by Crippen LogP contribution is -2.07. The normalized spacial score (nSPS) is 9.77. The fourth-order valence-corrected chi connectivity index (χ4v) is 1.09. The molecule has 0 amide bonds. The fourth-order valence-electron chi connectivity index (χ4n) is 1.09. The standard InChI is InChI=1S/C12H13O/c1-5-11-10(4)7-6-8-12(11)13-9(2)3/h1,6-9H,4H2,2-3H3. The lowest BCUT2D eigenvalue weighted by Gasteiger charge is -2.12. The van der Waals surface area contributed by atoms with Crippen LogP contribution in [0.1, 0.15) is 25.0 Å². The molecule has 13 heavy (non-hydrogen) atoms. The molecule has 0 aliphatic carbocycles. The van der Waals surface area contributed by atoms with E-state index in [2.05, 4.69) is 12.8 Å². The second-order valence-corrected chi connectivity index (χ2v) is 3.10. The molecule has 1 aromatic carbocycles. The maximum Gasteiger partial charge on any atom is 0.135 e. The van der Waals surface area contributed by atoms with Crippen LogP contribution in [0.3, 0.4) is 0 Å². The molecule has 0 bridgehead atoms. The molecule has 1 radical (unpaired) electrons. The first-order valence-corrected chi connectivity index (χ1v) is 4.23. The van der Waals surface area contributed by atoms with Crippen LogP contribution in [0, 0.1) is 19.3 Å². The molecular weight excluding hydrogens is 160 g/mol. The first-order valence-electron chi connectivity index (χ1n) is 4.23. The average molecular weight is 173 g/mol. The van der Waals surface area contributed by atoms with Gasteiger partial charge in [-0.15, -0.1) is 6.42 Å². The van der Waals surface area contributed by atoms with E-state index in [-0.39, 0.29) is 6.10 Å². The topological polar surface area (TPSA) is 9.23 Å². The second kappa shape index (κ2) is 4.00. The Labute approximate surface area is 79.7 Å². The van der Waals surface area contributed by atoms with Crippen molar-refractivity contribution in [3.8, 4) is 18.1 Å². The molecule has 1 nitrogen and oxygen atoms in total. The van der Waals surface area contributed by atoms with Gasteiger partial charge in [0.15, 0.2) is 0 Å². The van der Waals surface area contributed by atoms with E-state index in [0.717, 1.165) is 16.9 Å². The lowest BCUT2D eigenvalue weighted by molar-refractivity contribution is 0.241. The van der Waals surface area contributed by atoms with E-state index in [0.29, 0.717) is 0 Å². The second-order valence-electron chi connectivity index (χ2n) is 3.10. The molecule has 0 atom stereocenters.